The van der Waals surface area contributed by atoms with Crippen molar-refractivity contribution in [3.8, 4) is 5.75 Å². The maximum absolute atomic E-state index is 13.8. The van der Waals surface area contributed by atoms with Crippen molar-refractivity contribution in [3.05, 3.63) is 23.3 Å². The molecule has 2 amide bonds. The lowest BCUT2D eigenvalue weighted by Crippen LogP contribution is -2.75. The first-order valence-corrected chi connectivity index (χ1v) is 12.5. The molecule has 13 nitrogen and oxygen atoms in total. The molecule has 0 radical (unpaired) electrons. The third-order valence-electron chi connectivity index (χ3n) is 8.22. The number of Topliss-reactive ketones (excluding diaryl/α,β-unsaturated/α-hetero) is 3. The number of ketones is 3. The van der Waals surface area contributed by atoms with E-state index in [2.05, 4.69) is 10.1 Å². The highest BCUT2D eigenvalue weighted by molar-refractivity contribution is 6.25. The van der Waals surface area contributed by atoms with Crippen molar-refractivity contribution in [3.63, 3.8) is 0 Å². The second kappa shape index (κ2) is 10.1. The predicted molar refractivity (Wildman–Crippen MR) is 132 cm³/mol. The van der Waals surface area contributed by atoms with Crippen molar-refractivity contribution in [2.75, 3.05) is 26.5 Å². The van der Waals surface area contributed by atoms with Gasteiger partial charge in [0, 0.05) is 18.4 Å². The summed E-state index contributed by atoms with van der Waals surface area (Å²) < 4.78 is 4.49. The Hall–Kier alpha value is -3.68. The number of phenols is 1. The van der Waals surface area contributed by atoms with Crippen molar-refractivity contribution < 1.29 is 48.8 Å². The van der Waals surface area contributed by atoms with Crippen molar-refractivity contribution in [1.29, 1.82) is 0 Å². The van der Waals surface area contributed by atoms with Gasteiger partial charge in [-0.3, -0.25) is 28.8 Å². The fourth-order valence-electron chi connectivity index (χ4n) is 6.43. The number of likely N-dealkylation sites (N-methyl/N-ethyl adjacent to an activating group) is 1. The molecule has 7 atom stereocenters. The van der Waals surface area contributed by atoms with Crippen LogP contribution in [0.1, 0.15) is 35.2 Å². The van der Waals surface area contributed by atoms with Gasteiger partial charge < -0.3 is 36.0 Å². The Labute approximate surface area is 223 Å². The Morgan fingerprint density at radius 3 is 2.41 bits per heavy atom. The number of nitrogens with one attached hydrogen (secondary N) is 1. The standard InChI is InChI=1S/C26H31N3O10/c1-29(2)19-12-9-11-8-10-4-5-13(28-14(30)6-7-15(31)39-3)20(32)16(10)21(33)17(11)23(35)26(12,38)24(36)18(22(19)34)25(27)37/h4-5,11-12,17-19,22,32,34,38H,6-9H2,1-3H3,(H2,27,37)(H,28,30)/t11-,12-,17?,18?,19-,22?,26-/m1/s1. The number of ether oxygens (including phenoxy) is 1. The number of fused-ring (bicyclic) bond motifs is 3. The molecule has 3 aliphatic rings. The minimum absolute atomic E-state index is 0.00198. The number of methoxy groups -OCH3 is 1. The van der Waals surface area contributed by atoms with Crippen molar-refractivity contribution >= 4 is 40.8 Å². The number of nitrogens with two attached hydrogens (primary N) is 1. The molecule has 4 rings (SSSR count). The van der Waals surface area contributed by atoms with Gasteiger partial charge in [-0.2, -0.15) is 0 Å². The number of phenolic OH excluding ortho intramolecular Hbond substituents is 1. The van der Waals surface area contributed by atoms with Crippen LogP contribution in [0.3, 0.4) is 0 Å². The first kappa shape index (κ1) is 28.3. The number of anilines is 1. The molecule has 2 fully saturated rings. The summed E-state index contributed by atoms with van der Waals surface area (Å²) in [5.41, 5.74) is 2.67. The van der Waals surface area contributed by atoms with E-state index in [9.17, 15) is 44.1 Å². The van der Waals surface area contributed by atoms with Crippen LogP contribution in [-0.2, 0) is 35.1 Å². The molecular formula is C26H31N3O10. The minimum atomic E-state index is -2.75. The average molecular weight is 546 g/mol. The first-order valence-electron chi connectivity index (χ1n) is 12.5. The highest BCUT2D eigenvalue weighted by Gasteiger charge is 2.69. The zero-order valence-corrected chi connectivity index (χ0v) is 21.7. The number of aliphatic hydroxyl groups is 2. The van der Waals surface area contributed by atoms with Crippen LogP contribution in [0, 0.1) is 23.7 Å². The quantitative estimate of drug-likeness (QED) is 0.158. The Balaban J connectivity index is 1.70. The summed E-state index contributed by atoms with van der Waals surface area (Å²) in [5, 5.41) is 35.8. The van der Waals surface area contributed by atoms with Crippen LogP contribution in [-0.4, -0.2) is 94.3 Å². The van der Waals surface area contributed by atoms with Crippen LogP contribution in [0.25, 0.3) is 0 Å². The molecule has 0 spiro atoms. The number of aliphatic hydroxyl groups excluding tert-OH is 1. The minimum Gasteiger partial charge on any atom is -0.505 e. The lowest BCUT2D eigenvalue weighted by molar-refractivity contribution is -0.190. The highest BCUT2D eigenvalue weighted by Crippen LogP contribution is 2.51. The third kappa shape index (κ3) is 4.39. The van der Waals surface area contributed by atoms with E-state index in [-0.39, 0.29) is 36.9 Å². The molecule has 2 saturated carbocycles. The third-order valence-corrected chi connectivity index (χ3v) is 8.22. The number of hydrogen-bond acceptors (Lipinski definition) is 11. The van der Waals surface area contributed by atoms with Crippen molar-refractivity contribution in [2.45, 2.75) is 43.4 Å². The topological polar surface area (TPSA) is 214 Å². The fraction of sp³-hybridized carbons (Fsp3) is 0.538. The molecule has 1 aromatic carbocycles. The van der Waals surface area contributed by atoms with E-state index in [1.807, 2.05) is 0 Å². The van der Waals surface area contributed by atoms with Gasteiger partial charge >= 0.3 is 5.97 Å². The van der Waals surface area contributed by atoms with E-state index in [0.717, 1.165) is 0 Å². The molecule has 1 aromatic rings. The normalized spacial score (nSPS) is 31.7. The van der Waals surface area contributed by atoms with Gasteiger partial charge in [0.1, 0.15) is 11.7 Å². The van der Waals surface area contributed by atoms with Gasteiger partial charge in [-0.15, -0.1) is 0 Å². The van der Waals surface area contributed by atoms with Gasteiger partial charge in [0.05, 0.1) is 36.8 Å². The Bertz CT molecular complexity index is 1280. The van der Waals surface area contributed by atoms with Crippen LogP contribution < -0.4 is 11.1 Å². The number of primary amides is 1. The van der Waals surface area contributed by atoms with Gasteiger partial charge in [-0.25, -0.2) is 0 Å². The van der Waals surface area contributed by atoms with Crippen LogP contribution in [0.5, 0.6) is 5.75 Å². The average Bonchev–Trinajstić information content (AvgIpc) is 2.86. The van der Waals surface area contributed by atoms with E-state index < -0.39 is 82.3 Å². The largest absolute Gasteiger partial charge is 0.505 e. The maximum atomic E-state index is 13.8. The fourth-order valence-corrected chi connectivity index (χ4v) is 6.43. The molecule has 3 unspecified atom stereocenters. The molecule has 0 aromatic heterocycles. The summed E-state index contributed by atoms with van der Waals surface area (Å²) in [5.74, 6) is -11.3. The number of amides is 2. The zero-order valence-electron chi connectivity index (χ0n) is 21.7. The molecule has 0 bridgehead atoms. The number of benzene rings is 1. The van der Waals surface area contributed by atoms with Crippen molar-refractivity contribution in [1.82, 2.24) is 4.90 Å². The van der Waals surface area contributed by atoms with Gasteiger partial charge in [0.2, 0.25) is 11.8 Å². The lowest BCUT2D eigenvalue weighted by Gasteiger charge is -2.54. The van der Waals surface area contributed by atoms with E-state index in [1.165, 1.54) is 24.1 Å². The molecular weight excluding hydrogens is 514 g/mol. The monoisotopic (exact) mass is 545 g/mol. The van der Waals surface area contributed by atoms with Gasteiger partial charge in [0.25, 0.3) is 0 Å². The summed E-state index contributed by atoms with van der Waals surface area (Å²) in [4.78, 5) is 77.9. The number of aromatic hydroxyl groups is 1. The SMILES string of the molecule is COC(=O)CCC(=O)Nc1ccc2c(c1O)C(=O)C1C(=O)[C@@]3(O)C(=O)C(C(N)=O)C(O)[C@H](N(C)C)[C@H]3C[C@H]1C2. The Morgan fingerprint density at radius 2 is 1.82 bits per heavy atom. The van der Waals surface area contributed by atoms with Gasteiger partial charge in [0.15, 0.2) is 23.0 Å². The van der Waals surface area contributed by atoms with E-state index >= 15 is 0 Å². The number of carbonyl (C=O) groups excluding carboxylic acids is 6. The predicted octanol–water partition coefficient (Wildman–Crippen LogP) is -1.45. The Kier molecular flexibility index (Phi) is 7.36. The number of nitrogens with zero attached hydrogens (tertiary/aromatic N) is 1. The van der Waals surface area contributed by atoms with Crippen LogP contribution in [0.15, 0.2) is 12.1 Å². The maximum Gasteiger partial charge on any atom is 0.306 e. The summed E-state index contributed by atoms with van der Waals surface area (Å²) in [7, 11) is 4.32. The zero-order chi connectivity index (χ0) is 29.0. The number of carbonyl (C=O) groups is 6. The molecule has 0 saturated heterocycles. The highest BCUT2D eigenvalue weighted by atomic mass is 16.5. The second-order valence-electron chi connectivity index (χ2n) is 10.6. The Morgan fingerprint density at radius 1 is 1.15 bits per heavy atom. The van der Waals surface area contributed by atoms with Crippen LogP contribution >= 0.6 is 0 Å². The number of esters is 1. The van der Waals surface area contributed by atoms with Crippen molar-refractivity contribution in [2.24, 2.45) is 29.4 Å². The number of rotatable bonds is 6. The molecule has 0 heterocycles. The summed E-state index contributed by atoms with van der Waals surface area (Å²) in [6.45, 7) is 0. The van der Waals surface area contributed by atoms with Gasteiger partial charge in [-0.1, -0.05) is 6.07 Å². The molecule has 3 aliphatic carbocycles. The molecule has 13 heteroatoms. The second-order valence-corrected chi connectivity index (χ2v) is 10.6. The smallest absolute Gasteiger partial charge is 0.306 e. The molecule has 0 aliphatic heterocycles. The first-order chi connectivity index (χ1) is 18.2. The summed E-state index contributed by atoms with van der Waals surface area (Å²) >= 11 is 0. The van der Waals surface area contributed by atoms with E-state index in [1.54, 1.807) is 14.1 Å². The number of hydrogen-bond donors (Lipinski definition) is 5. The molecule has 39 heavy (non-hydrogen) atoms. The molecule has 210 valence electrons. The lowest BCUT2D eigenvalue weighted by atomic mass is 9.52. The summed E-state index contributed by atoms with van der Waals surface area (Å²) in [6, 6.07) is 1.94. The van der Waals surface area contributed by atoms with E-state index in [0.29, 0.717) is 5.56 Å². The van der Waals surface area contributed by atoms with Gasteiger partial charge in [-0.05, 0) is 44.5 Å². The van der Waals surface area contributed by atoms with Crippen LogP contribution in [0.4, 0.5) is 5.69 Å². The van der Waals surface area contributed by atoms with E-state index in [4.69, 9.17) is 5.73 Å². The summed E-state index contributed by atoms with van der Waals surface area (Å²) in [6.07, 6.45) is -1.87. The van der Waals surface area contributed by atoms with Crippen LogP contribution in [0.2, 0.25) is 0 Å². The molecule has 6 N–H and O–H groups in total.